The molecule has 1 unspecified atom stereocenters. The molecule has 2 heterocycles. The highest BCUT2D eigenvalue weighted by atomic mass is 16.1. The topological polar surface area (TPSA) is 71.2 Å². The summed E-state index contributed by atoms with van der Waals surface area (Å²) < 4.78 is 0. The summed E-state index contributed by atoms with van der Waals surface area (Å²) in [5, 5.41) is 3.43. The fraction of sp³-hybridized carbons (Fsp3) is 0.600. The van der Waals surface area contributed by atoms with Crippen LogP contribution in [0, 0.1) is 5.92 Å². The molecule has 20 heavy (non-hydrogen) atoms. The molecular formula is C15H24N4O. The molecule has 0 saturated carbocycles. The molecule has 1 atom stereocenters. The van der Waals surface area contributed by atoms with Gasteiger partial charge in [0.25, 0.3) is 5.91 Å². The first-order valence-corrected chi connectivity index (χ1v) is 7.31. The lowest BCUT2D eigenvalue weighted by Crippen LogP contribution is -2.42. The minimum absolute atomic E-state index is 0.282. The Bertz CT molecular complexity index is 455. The normalized spacial score (nSPS) is 19.1. The third-order valence-electron chi connectivity index (χ3n) is 3.80. The summed E-state index contributed by atoms with van der Waals surface area (Å²) in [7, 11) is 0. The Morgan fingerprint density at radius 2 is 2.40 bits per heavy atom. The van der Waals surface area contributed by atoms with Gasteiger partial charge in [-0.3, -0.25) is 4.79 Å². The lowest BCUT2D eigenvalue weighted by Gasteiger charge is -2.34. The molecule has 1 aromatic heterocycles. The predicted octanol–water partition coefficient (Wildman–Crippen LogP) is 1.39. The molecule has 1 aliphatic heterocycles. The van der Waals surface area contributed by atoms with Gasteiger partial charge in [0.2, 0.25) is 0 Å². The van der Waals surface area contributed by atoms with Crippen LogP contribution in [-0.4, -0.2) is 36.6 Å². The monoisotopic (exact) mass is 276 g/mol. The van der Waals surface area contributed by atoms with Crippen molar-refractivity contribution in [1.29, 1.82) is 0 Å². The summed E-state index contributed by atoms with van der Waals surface area (Å²) in [5.41, 5.74) is 5.97. The highest BCUT2D eigenvalue weighted by Gasteiger charge is 2.23. The van der Waals surface area contributed by atoms with Crippen LogP contribution in [0.4, 0.5) is 5.82 Å². The quantitative estimate of drug-likeness (QED) is 0.852. The maximum Gasteiger partial charge on any atom is 0.252 e. The summed E-state index contributed by atoms with van der Waals surface area (Å²) in [4.78, 5) is 18.2. The van der Waals surface area contributed by atoms with Gasteiger partial charge in [-0.15, -0.1) is 0 Å². The summed E-state index contributed by atoms with van der Waals surface area (Å²) in [6.45, 7) is 7.28. The maximum absolute atomic E-state index is 11.6. The third kappa shape index (κ3) is 3.48. The van der Waals surface area contributed by atoms with Crippen molar-refractivity contribution in [2.24, 2.45) is 11.7 Å². The number of primary amides is 1. The first kappa shape index (κ1) is 14.8. The van der Waals surface area contributed by atoms with E-state index in [0.717, 1.165) is 19.6 Å². The molecule has 1 fully saturated rings. The number of anilines is 1. The van der Waals surface area contributed by atoms with Crippen LogP contribution in [0.1, 0.15) is 37.0 Å². The lowest BCUT2D eigenvalue weighted by molar-refractivity contribution is 0.100. The SMILES string of the molecule is CC(C)N(CC1CCCNC1)c1ncccc1C(N)=O. The zero-order valence-electron chi connectivity index (χ0n) is 12.3. The minimum atomic E-state index is -0.416. The van der Waals surface area contributed by atoms with Gasteiger partial charge in [0, 0.05) is 18.8 Å². The van der Waals surface area contributed by atoms with E-state index < -0.39 is 5.91 Å². The number of hydrogen-bond donors (Lipinski definition) is 2. The van der Waals surface area contributed by atoms with Crippen molar-refractivity contribution >= 4 is 11.7 Å². The predicted molar refractivity (Wildman–Crippen MR) is 80.8 cm³/mol. The summed E-state index contributed by atoms with van der Waals surface area (Å²) in [6, 6.07) is 3.79. The largest absolute Gasteiger partial charge is 0.365 e. The molecule has 0 spiro atoms. The Morgan fingerprint density at radius 1 is 1.60 bits per heavy atom. The Hall–Kier alpha value is -1.62. The third-order valence-corrected chi connectivity index (χ3v) is 3.80. The Morgan fingerprint density at radius 3 is 3.00 bits per heavy atom. The van der Waals surface area contributed by atoms with Crippen LogP contribution >= 0.6 is 0 Å². The molecule has 0 radical (unpaired) electrons. The van der Waals surface area contributed by atoms with Crippen LogP contribution in [0.3, 0.4) is 0 Å². The fourth-order valence-corrected chi connectivity index (χ4v) is 2.72. The highest BCUT2D eigenvalue weighted by molar-refractivity contribution is 5.97. The first-order chi connectivity index (χ1) is 9.59. The van der Waals surface area contributed by atoms with Crippen LogP contribution < -0.4 is 16.0 Å². The van der Waals surface area contributed by atoms with Crippen molar-refractivity contribution in [3.8, 4) is 0 Å². The van der Waals surface area contributed by atoms with E-state index >= 15 is 0 Å². The Labute approximate surface area is 120 Å². The number of amides is 1. The number of carbonyl (C=O) groups is 1. The minimum Gasteiger partial charge on any atom is -0.365 e. The van der Waals surface area contributed by atoms with Crippen LogP contribution in [0.5, 0.6) is 0 Å². The molecule has 1 aliphatic rings. The molecule has 2 rings (SSSR count). The van der Waals surface area contributed by atoms with E-state index in [2.05, 4.69) is 29.0 Å². The zero-order valence-corrected chi connectivity index (χ0v) is 12.3. The van der Waals surface area contributed by atoms with Gasteiger partial charge in [-0.1, -0.05) is 0 Å². The fourth-order valence-electron chi connectivity index (χ4n) is 2.72. The number of carbonyl (C=O) groups excluding carboxylic acids is 1. The lowest BCUT2D eigenvalue weighted by atomic mass is 9.98. The number of nitrogens with one attached hydrogen (secondary N) is 1. The second kappa shape index (κ2) is 6.70. The molecular weight excluding hydrogens is 252 g/mol. The van der Waals surface area contributed by atoms with Crippen molar-refractivity contribution in [3.05, 3.63) is 23.9 Å². The molecule has 1 amide bonds. The summed E-state index contributed by atoms with van der Waals surface area (Å²) in [5.74, 6) is 0.884. The molecule has 0 aliphatic carbocycles. The maximum atomic E-state index is 11.6. The number of piperidine rings is 1. The molecule has 0 bridgehead atoms. The van der Waals surface area contributed by atoms with E-state index in [-0.39, 0.29) is 6.04 Å². The van der Waals surface area contributed by atoms with Crippen LogP contribution in [-0.2, 0) is 0 Å². The van der Waals surface area contributed by atoms with Crippen LogP contribution in [0.15, 0.2) is 18.3 Å². The second-order valence-electron chi connectivity index (χ2n) is 5.70. The van der Waals surface area contributed by atoms with Gasteiger partial charge in [-0.25, -0.2) is 4.98 Å². The number of nitrogens with two attached hydrogens (primary N) is 1. The van der Waals surface area contributed by atoms with E-state index in [9.17, 15) is 4.79 Å². The van der Waals surface area contributed by atoms with E-state index in [1.807, 2.05) is 0 Å². The van der Waals surface area contributed by atoms with Crippen molar-refractivity contribution in [2.75, 3.05) is 24.5 Å². The molecule has 1 saturated heterocycles. The van der Waals surface area contributed by atoms with Gasteiger partial charge in [-0.2, -0.15) is 0 Å². The van der Waals surface area contributed by atoms with Crippen LogP contribution in [0.25, 0.3) is 0 Å². The van der Waals surface area contributed by atoms with E-state index in [1.165, 1.54) is 12.8 Å². The second-order valence-corrected chi connectivity index (χ2v) is 5.70. The smallest absolute Gasteiger partial charge is 0.252 e. The van der Waals surface area contributed by atoms with E-state index in [0.29, 0.717) is 17.3 Å². The number of rotatable bonds is 5. The van der Waals surface area contributed by atoms with Crippen LogP contribution in [0.2, 0.25) is 0 Å². The number of hydrogen-bond acceptors (Lipinski definition) is 4. The van der Waals surface area contributed by atoms with Crippen molar-refractivity contribution < 1.29 is 4.79 Å². The Kier molecular flexibility index (Phi) is 4.95. The molecule has 110 valence electrons. The molecule has 5 nitrogen and oxygen atoms in total. The summed E-state index contributed by atoms with van der Waals surface area (Å²) >= 11 is 0. The molecule has 0 aromatic carbocycles. The van der Waals surface area contributed by atoms with E-state index in [4.69, 9.17) is 5.73 Å². The van der Waals surface area contributed by atoms with Gasteiger partial charge in [-0.05, 0) is 57.8 Å². The average molecular weight is 276 g/mol. The number of nitrogens with zero attached hydrogens (tertiary/aromatic N) is 2. The number of pyridine rings is 1. The number of aromatic nitrogens is 1. The van der Waals surface area contributed by atoms with Gasteiger partial charge in [0.1, 0.15) is 5.82 Å². The van der Waals surface area contributed by atoms with E-state index in [1.54, 1.807) is 18.3 Å². The van der Waals surface area contributed by atoms with Gasteiger partial charge in [0.15, 0.2) is 0 Å². The molecule has 1 aromatic rings. The first-order valence-electron chi connectivity index (χ1n) is 7.31. The van der Waals surface area contributed by atoms with Gasteiger partial charge < -0.3 is 16.0 Å². The van der Waals surface area contributed by atoms with Gasteiger partial charge >= 0.3 is 0 Å². The average Bonchev–Trinajstić information content (AvgIpc) is 2.45. The van der Waals surface area contributed by atoms with Crippen molar-refractivity contribution in [2.45, 2.75) is 32.7 Å². The Balaban J connectivity index is 2.21. The molecule has 5 heteroatoms. The van der Waals surface area contributed by atoms with Crippen molar-refractivity contribution in [3.63, 3.8) is 0 Å². The van der Waals surface area contributed by atoms with Crippen molar-refractivity contribution in [1.82, 2.24) is 10.3 Å². The highest BCUT2D eigenvalue weighted by Crippen LogP contribution is 2.22. The standard InChI is InChI=1S/C15H24N4O/c1-11(2)19(10-12-5-3-7-17-9-12)15-13(14(16)20)6-4-8-18-15/h4,6,8,11-12,17H,3,5,7,9-10H2,1-2H3,(H2,16,20). The zero-order chi connectivity index (χ0) is 14.5. The molecule has 3 N–H and O–H groups in total. The van der Waals surface area contributed by atoms with Gasteiger partial charge in [0.05, 0.1) is 5.56 Å². The summed E-state index contributed by atoms with van der Waals surface area (Å²) in [6.07, 6.45) is 4.15.